The fourth-order valence-electron chi connectivity index (χ4n) is 1.45. The number of halogens is 4. The number of hydrogen-bond donors (Lipinski definition) is 1. The van der Waals surface area contributed by atoms with E-state index in [0.29, 0.717) is 15.7 Å². The molecular weight excluding hydrogens is 299 g/mol. The summed E-state index contributed by atoms with van der Waals surface area (Å²) < 4.78 is 37.2. The van der Waals surface area contributed by atoms with Crippen LogP contribution in [0.15, 0.2) is 22.7 Å². The van der Waals surface area contributed by atoms with Crippen molar-refractivity contribution in [1.29, 1.82) is 0 Å². The summed E-state index contributed by atoms with van der Waals surface area (Å²) >= 11 is 3.23. The first-order valence-electron chi connectivity index (χ1n) is 4.96. The Kier molecular flexibility index (Phi) is 4.43. The second-order valence-corrected chi connectivity index (χ2v) is 4.71. The molecule has 0 fully saturated rings. The molecular formula is C11H13BrF3NO. The highest BCUT2D eigenvalue weighted by atomic mass is 79.9. The maximum Gasteiger partial charge on any atom is 0.405 e. The SMILES string of the molecule is C[C@H](O)c1ccc(N(C)CC(F)(F)F)cc1Br. The molecule has 2 nitrogen and oxygen atoms in total. The van der Waals surface area contributed by atoms with E-state index in [1.165, 1.54) is 7.05 Å². The highest BCUT2D eigenvalue weighted by Gasteiger charge is 2.29. The van der Waals surface area contributed by atoms with E-state index in [1.807, 2.05) is 0 Å². The van der Waals surface area contributed by atoms with Crippen LogP contribution >= 0.6 is 15.9 Å². The van der Waals surface area contributed by atoms with E-state index < -0.39 is 18.8 Å². The molecule has 0 saturated heterocycles. The van der Waals surface area contributed by atoms with Gasteiger partial charge in [0.1, 0.15) is 6.54 Å². The number of aliphatic hydroxyl groups is 1. The second kappa shape index (κ2) is 5.27. The van der Waals surface area contributed by atoms with Gasteiger partial charge in [-0.15, -0.1) is 0 Å². The molecule has 0 heterocycles. The molecule has 0 aliphatic rings. The van der Waals surface area contributed by atoms with Crippen LogP contribution in [-0.2, 0) is 0 Å². The summed E-state index contributed by atoms with van der Waals surface area (Å²) in [5.41, 5.74) is 1.09. The second-order valence-electron chi connectivity index (χ2n) is 3.85. The summed E-state index contributed by atoms with van der Waals surface area (Å²) in [4.78, 5) is 1.11. The van der Waals surface area contributed by atoms with E-state index in [9.17, 15) is 18.3 Å². The third-order valence-electron chi connectivity index (χ3n) is 2.29. The van der Waals surface area contributed by atoms with Crippen LogP contribution < -0.4 is 4.90 Å². The van der Waals surface area contributed by atoms with E-state index in [4.69, 9.17) is 0 Å². The van der Waals surface area contributed by atoms with Crippen molar-refractivity contribution in [2.45, 2.75) is 19.2 Å². The van der Waals surface area contributed by atoms with Crippen molar-refractivity contribution in [3.63, 3.8) is 0 Å². The number of anilines is 1. The third kappa shape index (κ3) is 4.20. The van der Waals surface area contributed by atoms with Crippen LogP contribution in [0.2, 0.25) is 0 Å². The first-order chi connectivity index (χ1) is 7.70. The minimum Gasteiger partial charge on any atom is -0.389 e. The van der Waals surface area contributed by atoms with Crippen molar-refractivity contribution in [2.24, 2.45) is 0 Å². The summed E-state index contributed by atoms with van der Waals surface area (Å²) in [5.74, 6) is 0. The van der Waals surface area contributed by atoms with Crippen molar-refractivity contribution < 1.29 is 18.3 Å². The fourth-order valence-corrected chi connectivity index (χ4v) is 2.15. The third-order valence-corrected chi connectivity index (χ3v) is 2.98. The molecule has 1 atom stereocenters. The van der Waals surface area contributed by atoms with Crippen LogP contribution in [0.25, 0.3) is 0 Å². The largest absolute Gasteiger partial charge is 0.405 e. The van der Waals surface area contributed by atoms with Gasteiger partial charge in [-0.05, 0) is 24.6 Å². The lowest BCUT2D eigenvalue weighted by molar-refractivity contribution is -0.119. The van der Waals surface area contributed by atoms with E-state index in [-0.39, 0.29) is 0 Å². The smallest absolute Gasteiger partial charge is 0.389 e. The lowest BCUT2D eigenvalue weighted by atomic mass is 10.1. The minimum absolute atomic E-state index is 0.443. The Morgan fingerprint density at radius 1 is 1.41 bits per heavy atom. The zero-order chi connectivity index (χ0) is 13.2. The molecule has 1 aromatic rings. The molecule has 1 aromatic carbocycles. The molecule has 0 unspecified atom stereocenters. The molecule has 0 amide bonds. The molecule has 0 aromatic heterocycles. The Morgan fingerprint density at radius 2 is 2.00 bits per heavy atom. The normalized spacial score (nSPS) is 13.6. The first-order valence-corrected chi connectivity index (χ1v) is 5.75. The maximum atomic E-state index is 12.2. The zero-order valence-electron chi connectivity index (χ0n) is 9.42. The van der Waals surface area contributed by atoms with Gasteiger partial charge in [0.15, 0.2) is 0 Å². The monoisotopic (exact) mass is 311 g/mol. The molecule has 0 aliphatic carbocycles. The number of alkyl halides is 3. The molecule has 0 radical (unpaired) electrons. The van der Waals surface area contributed by atoms with Crippen LogP contribution in [0.5, 0.6) is 0 Å². The lowest BCUT2D eigenvalue weighted by Gasteiger charge is -2.22. The Balaban J connectivity index is 2.90. The Hall–Kier alpha value is -0.750. The Bertz CT molecular complexity index is 393. The number of benzene rings is 1. The van der Waals surface area contributed by atoms with Gasteiger partial charge in [0, 0.05) is 17.2 Å². The van der Waals surface area contributed by atoms with Crippen LogP contribution in [-0.4, -0.2) is 24.9 Å². The summed E-state index contributed by atoms with van der Waals surface area (Å²) in [5, 5.41) is 9.40. The van der Waals surface area contributed by atoms with Gasteiger partial charge in [-0.3, -0.25) is 0 Å². The molecule has 96 valence electrons. The van der Waals surface area contributed by atoms with Gasteiger partial charge >= 0.3 is 6.18 Å². The summed E-state index contributed by atoms with van der Waals surface area (Å²) in [6.45, 7) is 0.590. The van der Waals surface area contributed by atoms with Crippen LogP contribution in [0.1, 0.15) is 18.6 Å². The quantitative estimate of drug-likeness (QED) is 0.923. The Morgan fingerprint density at radius 3 is 2.41 bits per heavy atom. The van der Waals surface area contributed by atoms with E-state index >= 15 is 0 Å². The van der Waals surface area contributed by atoms with Gasteiger partial charge in [-0.25, -0.2) is 0 Å². The summed E-state index contributed by atoms with van der Waals surface area (Å²) in [6.07, 6.45) is -4.89. The van der Waals surface area contributed by atoms with Crippen molar-refractivity contribution in [3.05, 3.63) is 28.2 Å². The van der Waals surface area contributed by atoms with Gasteiger partial charge < -0.3 is 10.0 Å². The van der Waals surface area contributed by atoms with Gasteiger partial charge in [-0.1, -0.05) is 22.0 Å². The number of aliphatic hydroxyl groups excluding tert-OH is 1. The van der Waals surface area contributed by atoms with Crippen LogP contribution in [0, 0.1) is 0 Å². The number of hydrogen-bond acceptors (Lipinski definition) is 2. The van der Waals surface area contributed by atoms with Crippen LogP contribution in [0.3, 0.4) is 0 Å². The topological polar surface area (TPSA) is 23.5 Å². The van der Waals surface area contributed by atoms with Crippen molar-refractivity contribution in [1.82, 2.24) is 0 Å². The minimum atomic E-state index is -4.23. The standard InChI is InChI=1S/C11H13BrF3NO/c1-7(17)9-4-3-8(5-10(9)12)16(2)6-11(13,14)15/h3-5,7,17H,6H2,1-2H3/t7-/m0/s1. The predicted octanol–water partition coefficient (Wildman–Crippen LogP) is 3.50. The lowest BCUT2D eigenvalue weighted by Crippen LogP contribution is -2.30. The summed E-state index contributed by atoms with van der Waals surface area (Å²) in [6, 6.07) is 4.73. The van der Waals surface area contributed by atoms with Crippen LogP contribution in [0.4, 0.5) is 18.9 Å². The predicted molar refractivity (Wildman–Crippen MR) is 64.1 cm³/mol. The van der Waals surface area contributed by atoms with E-state index in [2.05, 4.69) is 15.9 Å². The molecule has 17 heavy (non-hydrogen) atoms. The fraction of sp³-hybridized carbons (Fsp3) is 0.455. The Labute approximate surface area is 106 Å². The number of rotatable bonds is 3. The molecule has 0 bridgehead atoms. The highest BCUT2D eigenvalue weighted by Crippen LogP contribution is 2.29. The van der Waals surface area contributed by atoms with Gasteiger partial charge in [-0.2, -0.15) is 13.2 Å². The van der Waals surface area contributed by atoms with E-state index in [1.54, 1.807) is 25.1 Å². The van der Waals surface area contributed by atoms with Crippen molar-refractivity contribution in [3.8, 4) is 0 Å². The van der Waals surface area contributed by atoms with Gasteiger partial charge in [0.25, 0.3) is 0 Å². The van der Waals surface area contributed by atoms with Gasteiger partial charge in [0.05, 0.1) is 6.10 Å². The molecule has 0 aliphatic heterocycles. The molecule has 1 rings (SSSR count). The maximum absolute atomic E-state index is 12.2. The van der Waals surface area contributed by atoms with Crippen molar-refractivity contribution >= 4 is 21.6 Å². The number of nitrogens with zero attached hydrogens (tertiary/aromatic N) is 1. The van der Waals surface area contributed by atoms with E-state index in [0.717, 1.165) is 4.90 Å². The molecule has 0 saturated carbocycles. The van der Waals surface area contributed by atoms with Crippen molar-refractivity contribution in [2.75, 3.05) is 18.5 Å². The molecule has 1 N–H and O–H groups in total. The zero-order valence-corrected chi connectivity index (χ0v) is 11.0. The van der Waals surface area contributed by atoms with Gasteiger partial charge in [0.2, 0.25) is 0 Å². The highest BCUT2D eigenvalue weighted by molar-refractivity contribution is 9.10. The first kappa shape index (κ1) is 14.3. The molecule has 0 spiro atoms. The average molecular weight is 312 g/mol. The molecule has 6 heteroatoms. The average Bonchev–Trinajstić information content (AvgIpc) is 2.14. The summed E-state index contributed by atoms with van der Waals surface area (Å²) in [7, 11) is 1.37.